The molecule has 0 unspecified atom stereocenters. The molecule has 26 heavy (non-hydrogen) atoms. The molecule has 0 saturated heterocycles. The standard InChI is InChI=1S/C21H27N3O2/c1-5-24(13-18-9-7-6-8-16(18)3)14-20(25)23-21(26)22-19-11-10-15(2)12-17(19)4/h6-12H,5,13-14H2,1-4H3,(H2,22,23,25,26). The molecular weight excluding hydrogens is 326 g/mol. The highest BCUT2D eigenvalue weighted by Crippen LogP contribution is 2.15. The average Bonchev–Trinajstić information content (AvgIpc) is 2.58. The van der Waals surface area contributed by atoms with Crippen LogP contribution in [0.3, 0.4) is 0 Å². The first kappa shape index (κ1) is 19.7. The number of rotatable bonds is 6. The number of nitrogens with one attached hydrogen (secondary N) is 2. The number of anilines is 1. The maximum Gasteiger partial charge on any atom is 0.325 e. The lowest BCUT2D eigenvalue weighted by atomic mass is 10.1. The molecular formula is C21H27N3O2. The van der Waals surface area contributed by atoms with Gasteiger partial charge in [0.15, 0.2) is 0 Å². The molecule has 0 fully saturated rings. The Balaban J connectivity index is 1.89. The Hall–Kier alpha value is -2.66. The fraction of sp³-hybridized carbons (Fsp3) is 0.333. The summed E-state index contributed by atoms with van der Waals surface area (Å²) in [6.45, 7) is 9.54. The molecule has 2 aromatic rings. The highest BCUT2D eigenvalue weighted by molar-refractivity contribution is 6.02. The number of nitrogens with zero attached hydrogens (tertiary/aromatic N) is 1. The van der Waals surface area contributed by atoms with Gasteiger partial charge in [0.25, 0.3) is 0 Å². The number of hydrogen-bond acceptors (Lipinski definition) is 3. The molecule has 0 aliphatic rings. The van der Waals surface area contributed by atoms with E-state index in [-0.39, 0.29) is 12.5 Å². The molecule has 2 aromatic carbocycles. The molecule has 0 radical (unpaired) electrons. The molecule has 0 spiro atoms. The lowest BCUT2D eigenvalue weighted by Gasteiger charge is -2.21. The predicted octanol–water partition coefficient (Wildman–Crippen LogP) is 3.78. The van der Waals surface area contributed by atoms with Crippen LogP contribution in [-0.2, 0) is 11.3 Å². The van der Waals surface area contributed by atoms with E-state index in [2.05, 4.69) is 29.7 Å². The number of urea groups is 1. The number of hydrogen-bond donors (Lipinski definition) is 2. The van der Waals surface area contributed by atoms with E-state index in [1.807, 2.05) is 56.0 Å². The van der Waals surface area contributed by atoms with Crippen LogP contribution in [-0.4, -0.2) is 29.9 Å². The van der Waals surface area contributed by atoms with E-state index >= 15 is 0 Å². The van der Waals surface area contributed by atoms with Crippen LogP contribution in [0.25, 0.3) is 0 Å². The largest absolute Gasteiger partial charge is 0.325 e. The average molecular weight is 353 g/mol. The van der Waals surface area contributed by atoms with Gasteiger partial charge >= 0.3 is 6.03 Å². The summed E-state index contributed by atoms with van der Waals surface area (Å²) < 4.78 is 0. The van der Waals surface area contributed by atoms with Gasteiger partial charge in [0.1, 0.15) is 0 Å². The number of likely N-dealkylation sites (N-methyl/N-ethyl adjacent to an activating group) is 1. The monoisotopic (exact) mass is 353 g/mol. The third-order valence-electron chi connectivity index (χ3n) is 4.35. The van der Waals surface area contributed by atoms with Crippen molar-refractivity contribution in [3.05, 3.63) is 64.7 Å². The van der Waals surface area contributed by atoms with Crippen molar-refractivity contribution in [2.24, 2.45) is 0 Å². The van der Waals surface area contributed by atoms with Crippen LogP contribution in [0.15, 0.2) is 42.5 Å². The summed E-state index contributed by atoms with van der Waals surface area (Å²) in [7, 11) is 0. The summed E-state index contributed by atoms with van der Waals surface area (Å²) in [5.41, 5.74) is 5.16. The van der Waals surface area contributed by atoms with Crippen LogP contribution < -0.4 is 10.6 Å². The second kappa shape index (κ2) is 9.15. The third kappa shape index (κ3) is 5.70. The Morgan fingerprint density at radius 3 is 2.38 bits per heavy atom. The van der Waals surface area contributed by atoms with E-state index < -0.39 is 6.03 Å². The van der Waals surface area contributed by atoms with Gasteiger partial charge in [-0.2, -0.15) is 0 Å². The minimum Gasteiger partial charge on any atom is -0.307 e. The van der Waals surface area contributed by atoms with Gasteiger partial charge in [-0.25, -0.2) is 4.79 Å². The van der Waals surface area contributed by atoms with Crippen LogP contribution in [0.5, 0.6) is 0 Å². The zero-order valence-electron chi connectivity index (χ0n) is 15.9. The van der Waals surface area contributed by atoms with Crippen molar-refractivity contribution in [3.63, 3.8) is 0 Å². The first-order valence-corrected chi connectivity index (χ1v) is 8.84. The van der Waals surface area contributed by atoms with E-state index in [4.69, 9.17) is 0 Å². The lowest BCUT2D eigenvalue weighted by molar-refractivity contribution is -0.121. The molecule has 0 aliphatic heterocycles. The van der Waals surface area contributed by atoms with E-state index in [1.165, 1.54) is 11.1 Å². The number of carbonyl (C=O) groups excluding carboxylic acids is 2. The predicted molar refractivity (Wildman–Crippen MR) is 105 cm³/mol. The smallest absolute Gasteiger partial charge is 0.307 e. The zero-order valence-corrected chi connectivity index (χ0v) is 15.9. The molecule has 0 aromatic heterocycles. The molecule has 0 bridgehead atoms. The van der Waals surface area contributed by atoms with E-state index in [0.717, 1.165) is 17.7 Å². The SMILES string of the molecule is CCN(CC(=O)NC(=O)Nc1ccc(C)cc1C)Cc1ccccc1C. The van der Waals surface area contributed by atoms with Crippen molar-refractivity contribution in [1.29, 1.82) is 0 Å². The molecule has 2 N–H and O–H groups in total. The Morgan fingerprint density at radius 2 is 1.73 bits per heavy atom. The fourth-order valence-corrected chi connectivity index (χ4v) is 2.78. The van der Waals surface area contributed by atoms with Gasteiger partial charge in [-0.05, 0) is 50.1 Å². The van der Waals surface area contributed by atoms with Gasteiger partial charge in [0.2, 0.25) is 5.91 Å². The number of aryl methyl sites for hydroxylation is 3. The van der Waals surface area contributed by atoms with Crippen LogP contribution in [0.2, 0.25) is 0 Å². The normalized spacial score (nSPS) is 10.7. The topological polar surface area (TPSA) is 61.4 Å². The fourth-order valence-electron chi connectivity index (χ4n) is 2.78. The van der Waals surface area contributed by atoms with Gasteiger partial charge in [0.05, 0.1) is 6.54 Å². The molecule has 0 saturated carbocycles. The minimum atomic E-state index is -0.506. The van der Waals surface area contributed by atoms with Gasteiger partial charge in [-0.3, -0.25) is 15.0 Å². The molecule has 0 heterocycles. The highest BCUT2D eigenvalue weighted by Gasteiger charge is 2.14. The van der Waals surface area contributed by atoms with Crippen molar-refractivity contribution >= 4 is 17.6 Å². The maximum absolute atomic E-state index is 12.2. The van der Waals surface area contributed by atoms with Gasteiger partial charge in [-0.15, -0.1) is 0 Å². The molecule has 5 heteroatoms. The molecule has 0 atom stereocenters. The number of carbonyl (C=O) groups is 2. The van der Waals surface area contributed by atoms with Gasteiger partial charge in [0, 0.05) is 12.2 Å². The molecule has 5 nitrogen and oxygen atoms in total. The van der Waals surface area contributed by atoms with Crippen molar-refractivity contribution in [2.75, 3.05) is 18.4 Å². The van der Waals surface area contributed by atoms with Crippen molar-refractivity contribution in [2.45, 2.75) is 34.2 Å². The lowest BCUT2D eigenvalue weighted by Crippen LogP contribution is -2.41. The summed E-state index contributed by atoms with van der Waals surface area (Å²) in [5, 5.41) is 5.13. The first-order chi connectivity index (χ1) is 12.4. The van der Waals surface area contributed by atoms with Crippen LogP contribution in [0, 0.1) is 20.8 Å². The van der Waals surface area contributed by atoms with Crippen molar-refractivity contribution in [3.8, 4) is 0 Å². The zero-order chi connectivity index (χ0) is 19.1. The maximum atomic E-state index is 12.2. The van der Waals surface area contributed by atoms with Gasteiger partial charge in [-0.1, -0.05) is 48.9 Å². The first-order valence-electron chi connectivity index (χ1n) is 8.84. The highest BCUT2D eigenvalue weighted by atomic mass is 16.2. The van der Waals surface area contributed by atoms with Gasteiger partial charge < -0.3 is 5.32 Å². The summed E-state index contributed by atoms with van der Waals surface area (Å²) in [6, 6.07) is 13.3. The van der Waals surface area contributed by atoms with E-state index in [1.54, 1.807) is 0 Å². The Bertz CT molecular complexity index is 787. The summed E-state index contributed by atoms with van der Waals surface area (Å²) in [5.74, 6) is -0.317. The second-order valence-electron chi connectivity index (χ2n) is 6.55. The second-order valence-corrected chi connectivity index (χ2v) is 6.55. The number of amides is 3. The third-order valence-corrected chi connectivity index (χ3v) is 4.35. The molecule has 3 amide bonds. The van der Waals surface area contributed by atoms with Crippen molar-refractivity contribution < 1.29 is 9.59 Å². The Kier molecular flexibility index (Phi) is 6.92. The number of imide groups is 1. The molecule has 2 rings (SSSR count). The van der Waals surface area contributed by atoms with Crippen LogP contribution >= 0.6 is 0 Å². The quantitative estimate of drug-likeness (QED) is 0.831. The Labute approximate surface area is 155 Å². The van der Waals surface area contributed by atoms with Crippen LogP contribution in [0.4, 0.5) is 10.5 Å². The van der Waals surface area contributed by atoms with Crippen LogP contribution in [0.1, 0.15) is 29.2 Å². The molecule has 138 valence electrons. The Morgan fingerprint density at radius 1 is 1.00 bits per heavy atom. The minimum absolute atomic E-state index is 0.172. The summed E-state index contributed by atoms with van der Waals surface area (Å²) >= 11 is 0. The molecule has 0 aliphatic carbocycles. The summed E-state index contributed by atoms with van der Waals surface area (Å²) in [6.07, 6.45) is 0. The van der Waals surface area contributed by atoms with Crippen molar-refractivity contribution in [1.82, 2.24) is 10.2 Å². The summed E-state index contributed by atoms with van der Waals surface area (Å²) in [4.78, 5) is 26.3. The number of benzene rings is 2. The van der Waals surface area contributed by atoms with E-state index in [9.17, 15) is 9.59 Å². The van der Waals surface area contributed by atoms with E-state index in [0.29, 0.717) is 12.2 Å².